The molecular weight excluding hydrogens is 425 g/mol. The average molecular weight is 440 g/mol. The molecule has 2 heterocycles. The van der Waals surface area contributed by atoms with Crippen LogP contribution < -0.4 is 0 Å². The molecule has 4 rings (SSSR count). The van der Waals surface area contributed by atoms with Crippen molar-refractivity contribution in [2.24, 2.45) is 0 Å². The summed E-state index contributed by atoms with van der Waals surface area (Å²) in [6.45, 7) is 0. The van der Waals surface area contributed by atoms with Gasteiger partial charge in [0.25, 0.3) is 5.91 Å². The number of rotatable bonds is 3. The number of fused-ring (bicyclic) bond motifs is 1. The van der Waals surface area contributed by atoms with Crippen LogP contribution in [0.4, 0.5) is 4.39 Å². The second-order valence-electron chi connectivity index (χ2n) is 6.45. The third-order valence-corrected chi connectivity index (χ3v) is 4.80. The zero-order chi connectivity index (χ0) is 19.8. The Morgan fingerprint density at radius 3 is 2.43 bits per heavy atom. The number of halogens is 2. The molecule has 5 nitrogen and oxygen atoms in total. The number of aromatic nitrogens is 2. The summed E-state index contributed by atoms with van der Waals surface area (Å²) >= 11 is 3.41. The quantitative estimate of drug-likeness (QED) is 0.442. The Kier molecular flexibility index (Phi) is 4.68. The van der Waals surface area contributed by atoms with Crippen LogP contribution in [0.3, 0.4) is 0 Å². The van der Waals surface area contributed by atoms with Crippen LogP contribution in [-0.4, -0.2) is 34.9 Å². The zero-order valence-electron chi connectivity index (χ0n) is 15.1. The Morgan fingerprint density at radius 2 is 1.71 bits per heavy atom. The van der Waals surface area contributed by atoms with Gasteiger partial charge < -0.3 is 9.32 Å². The maximum atomic E-state index is 13.1. The number of amides is 1. The molecule has 0 radical (unpaired) electrons. The molecule has 0 unspecified atom stereocenters. The second-order valence-corrected chi connectivity index (χ2v) is 7.17. The Bertz CT molecular complexity index is 1190. The first-order chi connectivity index (χ1) is 13.4. The van der Waals surface area contributed by atoms with Crippen LogP contribution in [0.5, 0.6) is 0 Å². The molecule has 0 aliphatic rings. The topological polar surface area (TPSA) is 59.2 Å². The van der Waals surface area contributed by atoms with E-state index in [1.807, 2.05) is 24.3 Å². The number of benzene rings is 2. The minimum atomic E-state index is -0.316. The predicted octanol–water partition coefficient (Wildman–Crippen LogP) is 5.16. The van der Waals surface area contributed by atoms with Gasteiger partial charge in [-0.15, -0.1) is 0 Å². The second kappa shape index (κ2) is 7.16. The molecule has 1 amide bonds. The molecule has 0 aliphatic carbocycles. The van der Waals surface area contributed by atoms with E-state index in [0.717, 1.165) is 16.5 Å². The van der Waals surface area contributed by atoms with Gasteiger partial charge in [-0.1, -0.05) is 12.1 Å². The third-order valence-electron chi connectivity index (χ3n) is 4.26. The zero-order valence-corrected chi connectivity index (χ0v) is 16.7. The minimum absolute atomic E-state index is 0.144. The summed E-state index contributed by atoms with van der Waals surface area (Å²) in [7, 11) is 3.39. The lowest BCUT2D eigenvalue weighted by Crippen LogP contribution is -2.22. The van der Waals surface area contributed by atoms with E-state index < -0.39 is 0 Å². The van der Waals surface area contributed by atoms with Crippen molar-refractivity contribution in [1.82, 2.24) is 14.9 Å². The molecule has 28 heavy (non-hydrogen) atoms. The molecule has 4 aromatic rings. The van der Waals surface area contributed by atoms with Crippen molar-refractivity contribution >= 4 is 32.7 Å². The number of oxazole rings is 1. The van der Waals surface area contributed by atoms with Crippen molar-refractivity contribution in [2.75, 3.05) is 14.1 Å². The summed E-state index contributed by atoms with van der Waals surface area (Å²) in [5.74, 6) is -0.0649. The average Bonchev–Trinajstić information content (AvgIpc) is 3.08. The Hall–Kier alpha value is -3.06. The van der Waals surface area contributed by atoms with Gasteiger partial charge in [-0.05, 0) is 58.4 Å². The fourth-order valence-corrected chi connectivity index (χ4v) is 3.29. The van der Waals surface area contributed by atoms with Gasteiger partial charge in [0, 0.05) is 30.6 Å². The van der Waals surface area contributed by atoms with Gasteiger partial charge >= 0.3 is 0 Å². The molecule has 0 saturated carbocycles. The minimum Gasteiger partial charge on any atom is -0.429 e. The highest BCUT2D eigenvalue weighted by Crippen LogP contribution is 2.34. The molecule has 0 fully saturated rings. The number of nitrogens with zero attached hydrogens (tertiary/aromatic N) is 3. The molecule has 0 saturated heterocycles. The molecule has 140 valence electrons. The lowest BCUT2D eigenvalue weighted by Gasteiger charge is -2.10. The fraction of sp³-hybridized carbons (Fsp3) is 0.0952. The van der Waals surface area contributed by atoms with Gasteiger partial charge in [0.15, 0.2) is 4.67 Å². The summed E-state index contributed by atoms with van der Waals surface area (Å²) in [6, 6.07) is 15.2. The van der Waals surface area contributed by atoms with E-state index >= 15 is 0 Å². The summed E-state index contributed by atoms with van der Waals surface area (Å²) in [5.41, 5.74) is 3.27. The van der Waals surface area contributed by atoms with E-state index in [9.17, 15) is 9.18 Å². The fourth-order valence-electron chi connectivity index (χ4n) is 2.82. The van der Waals surface area contributed by atoms with Gasteiger partial charge in [-0.25, -0.2) is 14.4 Å². The summed E-state index contributed by atoms with van der Waals surface area (Å²) < 4.78 is 19.3. The third kappa shape index (κ3) is 3.41. The lowest BCUT2D eigenvalue weighted by molar-refractivity contribution is 0.0822. The number of carbonyl (C=O) groups is 1. The molecule has 0 aliphatic heterocycles. The standard InChI is InChI=1S/C21H15BrFN3O2/c1-26(2)21(27)17-10-5-13-11-14(6-9-16(13)24-17)18-19(22)28-20(25-18)12-3-7-15(23)8-4-12/h3-11H,1-2H3. The molecule has 0 atom stereocenters. The molecule has 7 heteroatoms. The molecule has 0 spiro atoms. The van der Waals surface area contributed by atoms with E-state index in [0.29, 0.717) is 27.5 Å². The van der Waals surface area contributed by atoms with Gasteiger partial charge in [-0.2, -0.15) is 0 Å². The Labute approximate surface area is 169 Å². The number of hydrogen-bond donors (Lipinski definition) is 0. The van der Waals surface area contributed by atoms with Crippen LogP contribution in [-0.2, 0) is 0 Å². The van der Waals surface area contributed by atoms with E-state index in [2.05, 4.69) is 25.9 Å². The highest BCUT2D eigenvalue weighted by atomic mass is 79.9. The van der Waals surface area contributed by atoms with E-state index in [-0.39, 0.29) is 11.7 Å². The molecule has 0 N–H and O–H groups in total. The normalized spacial score (nSPS) is 11.0. The monoisotopic (exact) mass is 439 g/mol. The highest BCUT2D eigenvalue weighted by molar-refractivity contribution is 9.10. The largest absolute Gasteiger partial charge is 0.429 e. The summed E-state index contributed by atoms with van der Waals surface area (Å²) in [6.07, 6.45) is 0. The first-order valence-electron chi connectivity index (χ1n) is 8.47. The van der Waals surface area contributed by atoms with Crippen LogP contribution in [0.25, 0.3) is 33.6 Å². The van der Waals surface area contributed by atoms with Crippen LogP contribution in [0, 0.1) is 5.82 Å². The molecule has 0 bridgehead atoms. The van der Waals surface area contributed by atoms with Crippen molar-refractivity contribution in [3.63, 3.8) is 0 Å². The van der Waals surface area contributed by atoms with E-state index in [4.69, 9.17) is 4.42 Å². The van der Waals surface area contributed by atoms with Gasteiger partial charge in [0.1, 0.15) is 17.2 Å². The first kappa shape index (κ1) is 18.3. The Balaban J connectivity index is 1.72. The number of hydrogen-bond acceptors (Lipinski definition) is 4. The number of pyridine rings is 1. The van der Waals surface area contributed by atoms with Crippen molar-refractivity contribution in [1.29, 1.82) is 0 Å². The van der Waals surface area contributed by atoms with Gasteiger partial charge in [0.05, 0.1) is 5.52 Å². The highest BCUT2D eigenvalue weighted by Gasteiger charge is 2.16. The molecule has 2 aromatic carbocycles. The van der Waals surface area contributed by atoms with Gasteiger partial charge in [-0.3, -0.25) is 4.79 Å². The van der Waals surface area contributed by atoms with Crippen molar-refractivity contribution in [3.05, 3.63) is 70.8 Å². The van der Waals surface area contributed by atoms with Crippen molar-refractivity contribution in [3.8, 4) is 22.7 Å². The van der Waals surface area contributed by atoms with Crippen molar-refractivity contribution in [2.45, 2.75) is 0 Å². The van der Waals surface area contributed by atoms with Crippen LogP contribution in [0.15, 0.2) is 63.7 Å². The van der Waals surface area contributed by atoms with E-state index in [1.54, 1.807) is 32.3 Å². The van der Waals surface area contributed by atoms with E-state index in [1.165, 1.54) is 17.0 Å². The first-order valence-corrected chi connectivity index (χ1v) is 9.27. The SMILES string of the molecule is CN(C)C(=O)c1ccc2cc(-c3nc(-c4ccc(F)cc4)oc3Br)ccc2n1. The Morgan fingerprint density at radius 1 is 1.00 bits per heavy atom. The maximum Gasteiger partial charge on any atom is 0.271 e. The van der Waals surface area contributed by atoms with Crippen LogP contribution in [0.1, 0.15) is 10.5 Å². The molecule has 2 aromatic heterocycles. The van der Waals surface area contributed by atoms with Crippen LogP contribution in [0.2, 0.25) is 0 Å². The number of carbonyl (C=O) groups excluding carboxylic acids is 1. The predicted molar refractivity (Wildman–Crippen MR) is 108 cm³/mol. The summed E-state index contributed by atoms with van der Waals surface area (Å²) in [5, 5.41) is 0.881. The van der Waals surface area contributed by atoms with Gasteiger partial charge in [0.2, 0.25) is 5.89 Å². The smallest absolute Gasteiger partial charge is 0.271 e. The van der Waals surface area contributed by atoms with Crippen molar-refractivity contribution < 1.29 is 13.6 Å². The van der Waals surface area contributed by atoms with Crippen LogP contribution >= 0.6 is 15.9 Å². The lowest BCUT2D eigenvalue weighted by atomic mass is 10.1. The maximum absolute atomic E-state index is 13.1. The molecular formula is C21H15BrFN3O2. The summed E-state index contributed by atoms with van der Waals surface area (Å²) in [4.78, 5) is 22.6.